The Bertz CT molecular complexity index is 2090. The third-order valence-electron chi connectivity index (χ3n) is 8.31. The van der Waals surface area contributed by atoms with Gasteiger partial charge in [0.1, 0.15) is 28.1 Å². The lowest BCUT2D eigenvalue weighted by Crippen LogP contribution is -2.33. The molecule has 1 atom stereocenters. The highest BCUT2D eigenvalue weighted by Crippen LogP contribution is 2.44. The summed E-state index contributed by atoms with van der Waals surface area (Å²) in [5, 5.41) is 16.9. The van der Waals surface area contributed by atoms with Crippen molar-refractivity contribution in [1.82, 2.24) is 25.1 Å². The van der Waals surface area contributed by atoms with Gasteiger partial charge in [-0.25, -0.2) is 9.37 Å². The lowest BCUT2D eigenvalue weighted by Gasteiger charge is -2.26. The van der Waals surface area contributed by atoms with Crippen LogP contribution in [0.3, 0.4) is 0 Å². The Morgan fingerprint density at radius 1 is 0.917 bits per heavy atom. The van der Waals surface area contributed by atoms with Crippen LogP contribution in [0.15, 0.2) is 84.9 Å². The standard InChI is InChI=1S/C35H28F4N6O2S/c36-23-8-4-20(5-9-23)32-41-29-18-28(27(31-19-40-14-15-46-31)17-30(29)45(32)24-10-11-24)42-34-44-43-33(48-34)21-6-12-25(13-7-21)47-26-3-1-2-22(16-26)35(37,38)39/h1-9,12-13,16-18,24,31,40H,10-11,14-15,19H2,(H,42,44). The summed E-state index contributed by atoms with van der Waals surface area (Å²) in [5.74, 6) is 0.999. The number of benzene rings is 4. The number of nitrogens with zero attached hydrogens (tertiary/aromatic N) is 4. The minimum atomic E-state index is -4.45. The van der Waals surface area contributed by atoms with E-state index in [9.17, 15) is 17.6 Å². The van der Waals surface area contributed by atoms with Gasteiger partial charge in [-0.15, -0.1) is 10.2 Å². The maximum Gasteiger partial charge on any atom is 0.416 e. The maximum absolute atomic E-state index is 13.7. The normalized spacial score (nSPS) is 16.7. The SMILES string of the molecule is Fc1ccc(-c2nc3cc(Nc4nnc(-c5ccc(Oc6cccc(C(F)(F)F)c6)cc5)s4)c(C4CNCCO4)cc3n2C2CC2)cc1. The van der Waals surface area contributed by atoms with E-state index in [1.54, 1.807) is 36.4 Å². The number of rotatable bonds is 8. The van der Waals surface area contributed by atoms with Gasteiger partial charge in [0.05, 0.1) is 29.3 Å². The first-order valence-corrected chi connectivity index (χ1v) is 16.3. The fourth-order valence-electron chi connectivity index (χ4n) is 5.85. The molecule has 0 radical (unpaired) electrons. The van der Waals surface area contributed by atoms with Crippen molar-refractivity contribution in [2.24, 2.45) is 0 Å². The Kier molecular flexibility index (Phi) is 7.82. The molecule has 2 fully saturated rings. The van der Waals surface area contributed by atoms with E-state index in [0.29, 0.717) is 35.1 Å². The first kappa shape index (κ1) is 30.5. The summed E-state index contributed by atoms with van der Waals surface area (Å²) in [6, 6.07) is 22.6. The van der Waals surface area contributed by atoms with Gasteiger partial charge in [0.25, 0.3) is 0 Å². The second-order valence-electron chi connectivity index (χ2n) is 11.7. The predicted molar refractivity (Wildman–Crippen MR) is 175 cm³/mol. The molecule has 13 heteroatoms. The van der Waals surface area contributed by atoms with Gasteiger partial charge in [-0.1, -0.05) is 17.4 Å². The number of nitrogens with one attached hydrogen (secondary N) is 2. The van der Waals surface area contributed by atoms with Crippen LogP contribution in [0.5, 0.6) is 11.5 Å². The first-order valence-electron chi connectivity index (χ1n) is 15.5. The summed E-state index contributed by atoms with van der Waals surface area (Å²) in [6.07, 6.45) is -2.53. The molecule has 1 aliphatic heterocycles. The van der Waals surface area contributed by atoms with E-state index in [-0.39, 0.29) is 17.7 Å². The number of imidazole rings is 1. The topological polar surface area (TPSA) is 86.1 Å². The number of hydrogen-bond acceptors (Lipinski definition) is 8. The van der Waals surface area contributed by atoms with Crippen molar-refractivity contribution in [1.29, 1.82) is 0 Å². The molecular formula is C35H28F4N6O2S. The zero-order chi connectivity index (χ0) is 32.8. The molecule has 3 heterocycles. The number of aromatic nitrogens is 4. The summed E-state index contributed by atoms with van der Waals surface area (Å²) in [5.41, 5.74) is 4.42. The van der Waals surface area contributed by atoms with Crippen LogP contribution in [-0.4, -0.2) is 39.4 Å². The maximum atomic E-state index is 13.7. The number of hydrogen-bond donors (Lipinski definition) is 2. The molecule has 2 aromatic heterocycles. The van der Waals surface area contributed by atoms with Crippen molar-refractivity contribution < 1.29 is 27.0 Å². The smallest absolute Gasteiger partial charge is 0.416 e. The molecule has 0 bridgehead atoms. The molecule has 244 valence electrons. The lowest BCUT2D eigenvalue weighted by molar-refractivity contribution is -0.137. The van der Waals surface area contributed by atoms with Gasteiger partial charge < -0.3 is 24.7 Å². The van der Waals surface area contributed by atoms with Gasteiger partial charge in [0.15, 0.2) is 0 Å². The average Bonchev–Trinajstić information content (AvgIpc) is 3.71. The van der Waals surface area contributed by atoms with Crippen LogP contribution >= 0.6 is 11.3 Å². The number of morpholine rings is 1. The molecule has 8 rings (SSSR count). The summed E-state index contributed by atoms with van der Waals surface area (Å²) >= 11 is 1.36. The van der Waals surface area contributed by atoms with E-state index in [1.807, 2.05) is 6.07 Å². The Labute approximate surface area is 276 Å². The van der Waals surface area contributed by atoms with Crippen LogP contribution < -0.4 is 15.4 Å². The quantitative estimate of drug-likeness (QED) is 0.156. The molecule has 1 unspecified atom stereocenters. The lowest BCUT2D eigenvalue weighted by atomic mass is 10.0. The van der Waals surface area contributed by atoms with Crippen LogP contribution in [-0.2, 0) is 10.9 Å². The average molecular weight is 673 g/mol. The number of anilines is 2. The minimum absolute atomic E-state index is 0.0941. The van der Waals surface area contributed by atoms with Crippen molar-refractivity contribution in [2.75, 3.05) is 25.0 Å². The largest absolute Gasteiger partial charge is 0.457 e. The molecule has 0 spiro atoms. The van der Waals surface area contributed by atoms with Gasteiger partial charge in [-0.3, -0.25) is 0 Å². The second kappa shape index (κ2) is 12.3. The molecule has 1 saturated heterocycles. The van der Waals surface area contributed by atoms with Crippen molar-refractivity contribution >= 4 is 33.2 Å². The highest BCUT2D eigenvalue weighted by Gasteiger charge is 2.32. The number of halogens is 4. The molecule has 48 heavy (non-hydrogen) atoms. The van der Waals surface area contributed by atoms with E-state index >= 15 is 0 Å². The molecule has 8 nitrogen and oxygen atoms in total. The molecule has 2 N–H and O–H groups in total. The molecule has 6 aromatic rings. The van der Waals surface area contributed by atoms with Crippen LogP contribution in [0.4, 0.5) is 28.4 Å². The fraction of sp³-hybridized carbons (Fsp3) is 0.229. The van der Waals surface area contributed by atoms with Crippen LogP contribution in [0, 0.1) is 5.82 Å². The number of fused-ring (bicyclic) bond motifs is 1. The molecule has 1 saturated carbocycles. The second-order valence-corrected chi connectivity index (χ2v) is 12.7. The van der Waals surface area contributed by atoms with Gasteiger partial charge >= 0.3 is 6.18 Å². The highest BCUT2D eigenvalue weighted by molar-refractivity contribution is 7.18. The molecule has 0 amide bonds. The Morgan fingerprint density at radius 3 is 2.44 bits per heavy atom. The molecular weight excluding hydrogens is 644 g/mol. The van der Waals surface area contributed by atoms with Crippen LogP contribution in [0.1, 0.15) is 36.1 Å². The van der Waals surface area contributed by atoms with Gasteiger partial charge in [0, 0.05) is 41.5 Å². The Hall–Kier alpha value is -4.85. The first-order chi connectivity index (χ1) is 23.3. The third-order valence-corrected chi connectivity index (χ3v) is 9.20. The van der Waals surface area contributed by atoms with Gasteiger partial charge in [-0.05, 0) is 91.7 Å². The molecule has 2 aliphatic rings. The van der Waals surface area contributed by atoms with Crippen molar-refractivity contribution in [3.05, 3.63) is 102 Å². The third kappa shape index (κ3) is 6.23. The van der Waals surface area contributed by atoms with Gasteiger partial charge in [-0.2, -0.15) is 13.2 Å². The summed E-state index contributed by atoms with van der Waals surface area (Å²) in [7, 11) is 0. The van der Waals surface area contributed by atoms with E-state index in [2.05, 4.69) is 31.5 Å². The predicted octanol–water partition coefficient (Wildman–Crippen LogP) is 8.91. The number of ether oxygens (including phenoxy) is 2. The Balaban J connectivity index is 1.08. The van der Waals surface area contributed by atoms with E-state index < -0.39 is 11.7 Å². The monoisotopic (exact) mass is 672 g/mol. The van der Waals surface area contributed by atoms with Gasteiger partial charge in [0.2, 0.25) is 5.13 Å². The number of alkyl halides is 3. The zero-order valence-electron chi connectivity index (χ0n) is 25.3. The Morgan fingerprint density at radius 2 is 1.71 bits per heavy atom. The van der Waals surface area contributed by atoms with E-state index in [1.165, 1.54) is 35.6 Å². The molecule has 1 aliphatic carbocycles. The van der Waals surface area contributed by atoms with E-state index in [0.717, 1.165) is 70.8 Å². The van der Waals surface area contributed by atoms with Crippen molar-refractivity contribution in [3.63, 3.8) is 0 Å². The minimum Gasteiger partial charge on any atom is -0.457 e. The zero-order valence-corrected chi connectivity index (χ0v) is 26.1. The van der Waals surface area contributed by atoms with E-state index in [4.69, 9.17) is 14.5 Å². The van der Waals surface area contributed by atoms with Crippen molar-refractivity contribution in [3.8, 4) is 33.5 Å². The fourth-order valence-corrected chi connectivity index (χ4v) is 6.61. The van der Waals surface area contributed by atoms with Crippen LogP contribution in [0.25, 0.3) is 33.0 Å². The summed E-state index contributed by atoms with van der Waals surface area (Å²) < 4.78 is 67.2. The summed E-state index contributed by atoms with van der Waals surface area (Å²) in [6.45, 7) is 2.01. The molecule has 4 aromatic carbocycles. The van der Waals surface area contributed by atoms with Crippen molar-refractivity contribution in [2.45, 2.75) is 31.2 Å². The van der Waals surface area contributed by atoms with Crippen LogP contribution in [0.2, 0.25) is 0 Å². The highest BCUT2D eigenvalue weighted by atomic mass is 32.1. The summed E-state index contributed by atoms with van der Waals surface area (Å²) in [4.78, 5) is 5.01.